The summed E-state index contributed by atoms with van der Waals surface area (Å²) in [5, 5.41) is 0.920. The third-order valence-corrected chi connectivity index (χ3v) is 5.20. The van der Waals surface area contributed by atoms with E-state index >= 15 is 0 Å². The fourth-order valence-electron chi connectivity index (χ4n) is 2.34. The number of hydrogen-bond acceptors (Lipinski definition) is 5. The van der Waals surface area contributed by atoms with E-state index in [0.29, 0.717) is 43.9 Å². The van der Waals surface area contributed by atoms with Crippen LogP contribution >= 0.6 is 39.1 Å². The SMILES string of the molecule is CCOC(=O)C=Cc1cc(OC)c(OCc2ccc(Cl)c(Cl)c2)c(OC)c1Br. The minimum absolute atomic E-state index is 0.230. The predicted octanol–water partition coefficient (Wildman–Crippen LogP) is 5.93. The van der Waals surface area contributed by atoms with Gasteiger partial charge in [0, 0.05) is 6.08 Å². The van der Waals surface area contributed by atoms with Crippen molar-refractivity contribution in [1.29, 1.82) is 0 Å². The molecule has 5 nitrogen and oxygen atoms in total. The van der Waals surface area contributed by atoms with Crippen molar-refractivity contribution < 1.29 is 23.7 Å². The van der Waals surface area contributed by atoms with Gasteiger partial charge in [0.05, 0.1) is 35.3 Å². The monoisotopic (exact) mass is 488 g/mol. The Morgan fingerprint density at radius 3 is 2.46 bits per heavy atom. The van der Waals surface area contributed by atoms with E-state index in [1.165, 1.54) is 20.3 Å². The highest BCUT2D eigenvalue weighted by Gasteiger charge is 2.19. The summed E-state index contributed by atoms with van der Waals surface area (Å²) in [4.78, 5) is 11.6. The molecule has 0 N–H and O–H groups in total. The Morgan fingerprint density at radius 2 is 1.86 bits per heavy atom. The molecule has 0 unspecified atom stereocenters. The zero-order chi connectivity index (χ0) is 20.7. The number of carbonyl (C=O) groups excluding carboxylic acids is 1. The van der Waals surface area contributed by atoms with Gasteiger partial charge in [0.25, 0.3) is 0 Å². The van der Waals surface area contributed by atoms with E-state index in [1.54, 1.807) is 31.2 Å². The van der Waals surface area contributed by atoms with Crippen molar-refractivity contribution in [2.45, 2.75) is 13.5 Å². The Hall–Kier alpha value is -1.89. The molecule has 0 atom stereocenters. The van der Waals surface area contributed by atoms with Gasteiger partial charge in [-0.2, -0.15) is 0 Å². The Bertz CT molecular complexity index is 883. The van der Waals surface area contributed by atoms with Gasteiger partial charge < -0.3 is 18.9 Å². The first-order valence-corrected chi connectivity index (χ1v) is 9.82. The summed E-state index contributed by atoms with van der Waals surface area (Å²) in [5.41, 5.74) is 1.50. The molecular formula is C20H19BrCl2O5. The van der Waals surface area contributed by atoms with E-state index in [-0.39, 0.29) is 6.61 Å². The lowest BCUT2D eigenvalue weighted by molar-refractivity contribution is -0.137. The van der Waals surface area contributed by atoms with Crippen LogP contribution in [0.15, 0.2) is 34.8 Å². The lowest BCUT2D eigenvalue weighted by atomic mass is 10.1. The third kappa shape index (κ3) is 5.56. The quantitative estimate of drug-likeness (QED) is 0.340. The Kier molecular flexibility index (Phi) is 8.48. The van der Waals surface area contributed by atoms with Gasteiger partial charge in [-0.3, -0.25) is 0 Å². The number of ether oxygens (including phenoxy) is 4. The van der Waals surface area contributed by atoms with Crippen LogP contribution in [0.2, 0.25) is 10.0 Å². The van der Waals surface area contributed by atoms with Crippen molar-refractivity contribution >= 4 is 51.2 Å². The molecule has 8 heteroatoms. The van der Waals surface area contributed by atoms with Crippen molar-refractivity contribution in [1.82, 2.24) is 0 Å². The molecular weight excluding hydrogens is 471 g/mol. The average Bonchev–Trinajstić information content (AvgIpc) is 2.68. The summed E-state index contributed by atoms with van der Waals surface area (Å²) in [6, 6.07) is 6.98. The van der Waals surface area contributed by atoms with E-state index in [0.717, 1.165) is 5.56 Å². The van der Waals surface area contributed by atoms with Gasteiger partial charge in [0.15, 0.2) is 11.5 Å². The summed E-state index contributed by atoms with van der Waals surface area (Å²) in [5.74, 6) is 0.857. The van der Waals surface area contributed by atoms with E-state index in [2.05, 4.69) is 15.9 Å². The largest absolute Gasteiger partial charge is 0.493 e. The topological polar surface area (TPSA) is 54.0 Å². The molecule has 0 aliphatic carbocycles. The molecule has 0 spiro atoms. The molecule has 0 aliphatic heterocycles. The molecule has 0 bridgehead atoms. The maximum atomic E-state index is 11.6. The lowest BCUT2D eigenvalue weighted by Crippen LogP contribution is -2.02. The maximum absolute atomic E-state index is 11.6. The second-order valence-corrected chi connectivity index (χ2v) is 7.07. The van der Waals surface area contributed by atoms with Gasteiger partial charge in [0.2, 0.25) is 5.75 Å². The zero-order valence-electron chi connectivity index (χ0n) is 15.6. The summed E-state index contributed by atoms with van der Waals surface area (Å²) in [7, 11) is 3.04. The van der Waals surface area contributed by atoms with Crippen LogP contribution in [0.25, 0.3) is 6.08 Å². The standard InChI is InChI=1S/C20H19BrCl2O5/c1-4-27-17(24)8-6-13-10-16(25-2)19(20(26-3)18(13)21)28-11-12-5-7-14(22)15(23)9-12/h5-10H,4,11H2,1-3H3. The smallest absolute Gasteiger partial charge is 0.330 e. The van der Waals surface area contributed by atoms with E-state index in [9.17, 15) is 4.79 Å². The number of methoxy groups -OCH3 is 2. The van der Waals surface area contributed by atoms with Crippen molar-refractivity contribution in [3.8, 4) is 17.2 Å². The highest BCUT2D eigenvalue weighted by atomic mass is 79.9. The molecule has 0 fully saturated rings. The van der Waals surface area contributed by atoms with Gasteiger partial charge in [0.1, 0.15) is 6.61 Å². The van der Waals surface area contributed by atoms with Crippen molar-refractivity contribution in [3.05, 3.63) is 56.0 Å². The number of carbonyl (C=O) groups is 1. The van der Waals surface area contributed by atoms with Crippen molar-refractivity contribution in [2.24, 2.45) is 0 Å². The summed E-state index contributed by atoms with van der Waals surface area (Å²) >= 11 is 15.5. The minimum atomic E-state index is -0.438. The van der Waals surface area contributed by atoms with Crippen LogP contribution in [0.1, 0.15) is 18.1 Å². The Morgan fingerprint density at radius 1 is 1.11 bits per heavy atom. The molecule has 0 saturated carbocycles. The number of benzene rings is 2. The number of rotatable bonds is 8. The highest BCUT2D eigenvalue weighted by Crippen LogP contribution is 2.45. The molecule has 0 amide bonds. The fourth-order valence-corrected chi connectivity index (χ4v) is 3.25. The summed E-state index contributed by atoms with van der Waals surface area (Å²) < 4.78 is 22.4. The van der Waals surface area contributed by atoms with Crippen LogP contribution in [0.4, 0.5) is 0 Å². The van der Waals surface area contributed by atoms with Crippen LogP contribution in [0.3, 0.4) is 0 Å². The van der Waals surface area contributed by atoms with Gasteiger partial charge in [-0.25, -0.2) is 4.79 Å². The molecule has 0 saturated heterocycles. The Balaban J connectivity index is 2.34. The fraction of sp³-hybridized carbons (Fsp3) is 0.250. The predicted molar refractivity (Wildman–Crippen MR) is 114 cm³/mol. The van der Waals surface area contributed by atoms with Gasteiger partial charge in [-0.15, -0.1) is 0 Å². The molecule has 0 radical (unpaired) electrons. The van der Waals surface area contributed by atoms with Gasteiger partial charge in [-0.05, 0) is 58.3 Å². The second kappa shape index (κ2) is 10.6. The molecule has 2 aromatic carbocycles. The molecule has 0 aromatic heterocycles. The van der Waals surface area contributed by atoms with E-state index < -0.39 is 5.97 Å². The van der Waals surface area contributed by atoms with E-state index in [4.69, 9.17) is 42.1 Å². The summed E-state index contributed by atoms with van der Waals surface area (Å²) in [6.45, 7) is 2.28. The molecule has 150 valence electrons. The van der Waals surface area contributed by atoms with Crippen LogP contribution < -0.4 is 14.2 Å². The van der Waals surface area contributed by atoms with Crippen LogP contribution in [-0.4, -0.2) is 26.8 Å². The molecule has 2 rings (SSSR count). The second-order valence-electron chi connectivity index (χ2n) is 5.47. The summed E-state index contributed by atoms with van der Waals surface area (Å²) in [6.07, 6.45) is 2.94. The van der Waals surface area contributed by atoms with Crippen molar-refractivity contribution in [3.63, 3.8) is 0 Å². The van der Waals surface area contributed by atoms with E-state index in [1.807, 2.05) is 6.07 Å². The maximum Gasteiger partial charge on any atom is 0.330 e. The first-order valence-electron chi connectivity index (χ1n) is 8.27. The minimum Gasteiger partial charge on any atom is -0.493 e. The van der Waals surface area contributed by atoms with Crippen LogP contribution in [0, 0.1) is 0 Å². The third-order valence-electron chi connectivity index (χ3n) is 3.65. The average molecular weight is 490 g/mol. The zero-order valence-corrected chi connectivity index (χ0v) is 18.7. The van der Waals surface area contributed by atoms with Gasteiger partial charge >= 0.3 is 5.97 Å². The number of halogens is 3. The van der Waals surface area contributed by atoms with Gasteiger partial charge in [-0.1, -0.05) is 29.3 Å². The Labute approximate surface area is 182 Å². The van der Waals surface area contributed by atoms with Crippen LogP contribution in [0.5, 0.6) is 17.2 Å². The lowest BCUT2D eigenvalue weighted by Gasteiger charge is -2.17. The molecule has 0 aliphatic rings. The highest BCUT2D eigenvalue weighted by molar-refractivity contribution is 9.10. The number of hydrogen-bond donors (Lipinski definition) is 0. The first kappa shape index (κ1) is 22.4. The molecule has 2 aromatic rings. The first-order chi connectivity index (χ1) is 13.4. The van der Waals surface area contributed by atoms with Crippen molar-refractivity contribution in [2.75, 3.05) is 20.8 Å². The molecule has 28 heavy (non-hydrogen) atoms. The normalized spacial score (nSPS) is 10.8. The van der Waals surface area contributed by atoms with Crippen LogP contribution in [-0.2, 0) is 16.1 Å². The number of esters is 1. The molecule has 0 heterocycles.